The third kappa shape index (κ3) is 7.46. The number of rotatable bonds is 13. The van der Waals surface area contributed by atoms with Gasteiger partial charge in [0.15, 0.2) is 0 Å². The zero-order valence-corrected chi connectivity index (χ0v) is 18.3. The van der Waals surface area contributed by atoms with Crippen LogP contribution in [0.2, 0.25) is 0 Å². The Morgan fingerprint density at radius 3 is 2.50 bits per heavy atom. The topological polar surface area (TPSA) is 156 Å². The first-order valence-corrected chi connectivity index (χ1v) is 10.9. The quantitative estimate of drug-likeness (QED) is 0.151. The van der Waals surface area contributed by atoms with Crippen LogP contribution >= 0.6 is 11.9 Å². The molecule has 11 nitrogen and oxygen atoms in total. The largest absolute Gasteiger partial charge is 0.492 e. The fourth-order valence-electron chi connectivity index (χ4n) is 2.69. The van der Waals surface area contributed by atoms with Crippen molar-refractivity contribution in [1.82, 2.24) is 14.8 Å². The SMILES string of the molecule is CCCCCCNC(=O)CC(NSc1ccccc1[N+](=O)[O-])C(=O)On1c(O)ccc1O. The molecule has 0 bridgehead atoms. The van der Waals surface area contributed by atoms with E-state index in [0.717, 1.165) is 49.8 Å². The third-order valence-corrected chi connectivity index (χ3v) is 5.35. The van der Waals surface area contributed by atoms with Crippen molar-refractivity contribution in [2.24, 2.45) is 0 Å². The summed E-state index contributed by atoms with van der Waals surface area (Å²) in [5.74, 6) is -2.42. The molecule has 1 heterocycles. The Bertz CT molecular complexity index is 915. The van der Waals surface area contributed by atoms with Crippen LogP contribution in [0.25, 0.3) is 0 Å². The number of aromatic nitrogens is 1. The van der Waals surface area contributed by atoms with E-state index in [9.17, 15) is 29.9 Å². The van der Waals surface area contributed by atoms with Crippen LogP contribution in [0.3, 0.4) is 0 Å². The summed E-state index contributed by atoms with van der Waals surface area (Å²) in [6.07, 6.45) is 3.58. The molecule has 12 heteroatoms. The summed E-state index contributed by atoms with van der Waals surface area (Å²) >= 11 is 0.803. The highest BCUT2D eigenvalue weighted by molar-refractivity contribution is 7.97. The van der Waals surface area contributed by atoms with Crippen LogP contribution in [-0.2, 0) is 9.59 Å². The Kier molecular flexibility index (Phi) is 9.82. The van der Waals surface area contributed by atoms with Crippen molar-refractivity contribution in [3.8, 4) is 11.8 Å². The second kappa shape index (κ2) is 12.6. The molecule has 32 heavy (non-hydrogen) atoms. The summed E-state index contributed by atoms with van der Waals surface area (Å²) in [7, 11) is 0. The molecule has 1 aromatic heterocycles. The molecular formula is C20H26N4O7S. The number of nitro groups is 1. The molecule has 0 spiro atoms. The lowest BCUT2D eigenvalue weighted by atomic mass is 10.2. The Morgan fingerprint density at radius 1 is 1.16 bits per heavy atom. The fraction of sp³-hybridized carbons (Fsp3) is 0.400. The minimum atomic E-state index is -1.23. The number of hydrogen-bond acceptors (Lipinski definition) is 9. The van der Waals surface area contributed by atoms with Crippen molar-refractivity contribution in [3.63, 3.8) is 0 Å². The molecule has 0 saturated heterocycles. The highest BCUT2D eigenvalue weighted by Crippen LogP contribution is 2.27. The van der Waals surface area contributed by atoms with Crippen LogP contribution in [0.15, 0.2) is 41.3 Å². The lowest BCUT2D eigenvalue weighted by molar-refractivity contribution is -0.387. The number of nitrogens with zero attached hydrogens (tertiary/aromatic N) is 2. The maximum absolute atomic E-state index is 12.7. The van der Waals surface area contributed by atoms with Crippen molar-refractivity contribution < 1.29 is 29.6 Å². The first-order valence-electron chi connectivity index (χ1n) is 10.1. The number of nitro benzene ring substituents is 1. The van der Waals surface area contributed by atoms with E-state index in [1.807, 2.05) is 0 Å². The van der Waals surface area contributed by atoms with Gasteiger partial charge in [-0.05, 0) is 24.4 Å². The van der Waals surface area contributed by atoms with Gasteiger partial charge in [-0.2, -0.15) is 0 Å². The lowest BCUT2D eigenvalue weighted by Crippen LogP contribution is -2.42. The van der Waals surface area contributed by atoms with Gasteiger partial charge in [0.25, 0.3) is 5.69 Å². The Labute approximate surface area is 189 Å². The summed E-state index contributed by atoms with van der Waals surface area (Å²) in [5.41, 5.74) is -0.168. The average Bonchev–Trinajstić information content (AvgIpc) is 3.08. The summed E-state index contributed by atoms with van der Waals surface area (Å²) < 4.78 is 3.23. The Morgan fingerprint density at radius 2 is 1.84 bits per heavy atom. The minimum absolute atomic E-state index is 0.168. The van der Waals surface area contributed by atoms with Crippen LogP contribution < -0.4 is 14.9 Å². The molecule has 0 saturated carbocycles. The van der Waals surface area contributed by atoms with Gasteiger partial charge in [0.1, 0.15) is 10.9 Å². The third-order valence-electron chi connectivity index (χ3n) is 4.38. The van der Waals surface area contributed by atoms with Crippen LogP contribution in [0.5, 0.6) is 11.8 Å². The Hall–Kier alpha value is -3.25. The van der Waals surface area contributed by atoms with Crippen LogP contribution in [0.1, 0.15) is 39.0 Å². The zero-order chi connectivity index (χ0) is 23.5. The molecule has 0 aliphatic carbocycles. The van der Waals surface area contributed by atoms with Crippen molar-refractivity contribution in [3.05, 3.63) is 46.5 Å². The molecule has 0 aliphatic rings. The molecule has 2 aromatic rings. The van der Waals surface area contributed by atoms with Crippen molar-refractivity contribution in [2.45, 2.75) is 50.0 Å². The number of unbranched alkanes of at least 4 members (excludes halogenated alkanes) is 3. The molecule has 0 aliphatic heterocycles. The molecular weight excluding hydrogens is 440 g/mol. The maximum atomic E-state index is 12.7. The van der Waals surface area contributed by atoms with Crippen molar-refractivity contribution in [2.75, 3.05) is 6.54 Å². The normalized spacial score (nSPS) is 11.7. The van der Waals surface area contributed by atoms with Crippen LogP contribution in [-0.4, -0.2) is 44.3 Å². The molecule has 1 aromatic carbocycles. The van der Waals surface area contributed by atoms with E-state index in [2.05, 4.69) is 17.0 Å². The van der Waals surface area contributed by atoms with E-state index in [1.54, 1.807) is 6.07 Å². The highest BCUT2D eigenvalue weighted by Gasteiger charge is 2.27. The first-order chi connectivity index (χ1) is 15.3. The molecule has 0 radical (unpaired) electrons. The minimum Gasteiger partial charge on any atom is -0.492 e. The predicted molar refractivity (Wildman–Crippen MR) is 117 cm³/mol. The number of hydrogen-bond donors (Lipinski definition) is 4. The van der Waals surface area contributed by atoms with E-state index in [1.165, 1.54) is 18.2 Å². The van der Waals surface area contributed by atoms with Crippen LogP contribution in [0, 0.1) is 10.1 Å². The Balaban J connectivity index is 2.07. The van der Waals surface area contributed by atoms with E-state index >= 15 is 0 Å². The lowest BCUT2D eigenvalue weighted by Gasteiger charge is -2.17. The van der Waals surface area contributed by atoms with Gasteiger partial charge in [-0.15, -0.1) is 4.73 Å². The monoisotopic (exact) mass is 466 g/mol. The molecule has 1 atom stereocenters. The number of para-hydroxylation sites is 1. The standard InChI is InChI=1S/C20H26N4O7S/c1-2-3-4-7-12-21-17(25)13-14(20(28)31-23-18(26)10-11-19(23)27)22-32-16-9-6-5-8-15(16)24(29)30/h5-6,8-11,14,22,26-27H,2-4,7,12-13H2,1H3,(H,21,25). The van der Waals surface area contributed by atoms with Crippen molar-refractivity contribution >= 4 is 29.5 Å². The van der Waals surface area contributed by atoms with Crippen molar-refractivity contribution in [1.29, 1.82) is 0 Å². The van der Waals surface area contributed by atoms with Gasteiger partial charge < -0.3 is 20.4 Å². The molecule has 174 valence electrons. The number of carbonyl (C=O) groups excluding carboxylic acids is 2. The van der Waals surface area contributed by atoms with Gasteiger partial charge in [-0.1, -0.05) is 38.3 Å². The van der Waals surface area contributed by atoms with E-state index < -0.39 is 34.6 Å². The van der Waals surface area contributed by atoms with Gasteiger partial charge in [-0.3, -0.25) is 14.9 Å². The van der Waals surface area contributed by atoms with Gasteiger partial charge in [0, 0.05) is 24.7 Å². The average molecular weight is 467 g/mol. The summed E-state index contributed by atoms with van der Waals surface area (Å²) in [6, 6.07) is 6.94. The second-order valence-electron chi connectivity index (χ2n) is 6.87. The summed E-state index contributed by atoms with van der Waals surface area (Å²) in [5, 5.41) is 33.3. The van der Waals surface area contributed by atoms with Gasteiger partial charge in [-0.25, -0.2) is 9.52 Å². The van der Waals surface area contributed by atoms with Gasteiger partial charge in [0.05, 0.1) is 11.3 Å². The molecule has 0 fully saturated rings. The second-order valence-corrected chi connectivity index (χ2v) is 7.75. The zero-order valence-electron chi connectivity index (χ0n) is 17.5. The number of nitrogens with one attached hydrogen (secondary N) is 2. The van der Waals surface area contributed by atoms with E-state index in [4.69, 9.17) is 4.84 Å². The van der Waals surface area contributed by atoms with Crippen LogP contribution in [0.4, 0.5) is 5.69 Å². The molecule has 4 N–H and O–H groups in total. The van der Waals surface area contributed by atoms with E-state index in [0.29, 0.717) is 11.3 Å². The predicted octanol–water partition coefficient (Wildman–Crippen LogP) is 2.51. The van der Waals surface area contributed by atoms with Gasteiger partial charge in [0.2, 0.25) is 17.7 Å². The fourth-order valence-corrected chi connectivity index (χ4v) is 3.53. The molecule has 1 amide bonds. The maximum Gasteiger partial charge on any atom is 0.351 e. The first kappa shape index (κ1) is 25.0. The number of benzene rings is 1. The molecule has 1 unspecified atom stereocenters. The van der Waals surface area contributed by atoms with E-state index in [-0.39, 0.29) is 17.0 Å². The number of amides is 1. The summed E-state index contributed by atoms with van der Waals surface area (Å²) in [6.45, 7) is 2.53. The van der Waals surface area contributed by atoms with Gasteiger partial charge >= 0.3 is 5.97 Å². The smallest absolute Gasteiger partial charge is 0.351 e. The molecule has 2 rings (SSSR count). The number of carbonyl (C=O) groups is 2. The number of aromatic hydroxyl groups is 2. The highest BCUT2D eigenvalue weighted by atomic mass is 32.2. The summed E-state index contributed by atoms with van der Waals surface area (Å²) in [4.78, 5) is 40.9.